The summed E-state index contributed by atoms with van der Waals surface area (Å²) < 4.78 is 25.8. The van der Waals surface area contributed by atoms with Crippen molar-refractivity contribution in [2.45, 2.75) is 23.8 Å². The zero-order valence-electron chi connectivity index (χ0n) is 9.67. The molecule has 0 aromatic carbocycles. The first kappa shape index (κ1) is 13.1. The van der Waals surface area contributed by atoms with Crippen molar-refractivity contribution < 1.29 is 18.3 Å². The standard InChI is InChI=1S/C10H15N3O4S/c11-7-2-1-3-13(6-7)18(16,17)8-4-9(10(14)15)12-5-8/h4-5,7,12H,1-3,6,11H2,(H,14,15). The van der Waals surface area contributed by atoms with Crippen molar-refractivity contribution in [1.82, 2.24) is 9.29 Å². The second-order valence-corrected chi connectivity index (χ2v) is 6.26. The Morgan fingerprint density at radius 2 is 2.28 bits per heavy atom. The Balaban J connectivity index is 2.26. The molecule has 2 rings (SSSR count). The molecule has 1 aliphatic rings. The SMILES string of the molecule is NC1CCCN(S(=O)(=O)c2c[nH]c(C(=O)O)c2)C1. The van der Waals surface area contributed by atoms with Crippen LogP contribution in [-0.4, -0.2) is 47.9 Å². The molecule has 1 aliphatic heterocycles. The molecule has 0 spiro atoms. The Kier molecular flexibility index (Phi) is 3.42. The van der Waals surface area contributed by atoms with Gasteiger partial charge in [0.1, 0.15) is 10.6 Å². The van der Waals surface area contributed by atoms with Crippen LogP contribution in [0, 0.1) is 0 Å². The highest BCUT2D eigenvalue weighted by Crippen LogP contribution is 2.20. The number of nitrogens with two attached hydrogens (primary N) is 1. The minimum atomic E-state index is -3.65. The third-order valence-corrected chi connectivity index (χ3v) is 4.79. The molecule has 8 heteroatoms. The fourth-order valence-electron chi connectivity index (χ4n) is 1.99. The number of H-pyrrole nitrogens is 1. The number of hydrogen-bond acceptors (Lipinski definition) is 4. The Labute approximate surface area is 105 Å². The first-order chi connectivity index (χ1) is 8.41. The van der Waals surface area contributed by atoms with Gasteiger partial charge in [-0.1, -0.05) is 0 Å². The van der Waals surface area contributed by atoms with Crippen LogP contribution in [0.1, 0.15) is 23.3 Å². The fourth-order valence-corrected chi connectivity index (χ4v) is 3.52. The number of rotatable bonds is 3. The summed E-state index contributed by atoms with van der Waals surface area (Å²) in [5.74, 6) is -1.19. The predicted octanol–water partition coefficient (Wildman–Crippen LogP) is -0.175. The zero-order valence-corrected chi connectivity index (χ0v) is 10.5. The molecule has 100 valence electrons. The van der Waals surface area contributed by atoms with Gasteiger partial charge in [-0.2, -0.15) is 4.31 Å². The third-order valence-electron chi connectivity index (χ3n) is 2.95. The largest absolute Gasteiger partial charge is 0.477 e. The molecule has 1 aromatic rings. The average Bonchev–Trinajstić information content (AvgIpc) is 2.79. The number of carboxylic acid groups (broad SMARTS) is 1. The van der Waals surface area contributed by atoms with Gasteiger partial charge in [-0.25, -0.2) is 13.2 Å². The molecule has 0 amide bonds. The molecule has 1 unspecified atom stereocenters. The number of hydrogen-bond donors (Lipinski definition) is 3. The van der Waals surface area contributed by atoms with E-state index in [9.17, 15) is 13.2 Å². The molecular formula is C10H15N3O4S. The Hall–Kier alpha value is -1.38. The highest BCUT2D eigenvalue weighted by Gasteiger charge is 2.30. The van der Waals surface area contributed by atoms with Crippen LogP contribution in [0.15, 0.2) is 17.2 Å². The molecule has 0 aliphatic carbocycles. The van der Waals surface area contributed by atoms with E-state index < -0.39 is 16.0 Å². The summed E-state index contributed by atoms with van der Waals surface area (Å²) in [7, 11) is -3.65. The molecule has 2 heterocycles. The van der Waals surface area contributed by atoms with E-state index in [1.165, 1.54) is 10.5 Å². The molecule has 1 aromatic heterocycles. The van der Waals surface area contributed by atoms with Crippen LogP contribution in [0.4, 0.5) is 0 Å². The van der Waals surface area contributed by atoms with Crippen LogP contribution >= 0.6 is 0 Å². The van der Waals surface area contributed by atoms with Crippen molar-refractivity contribution in [3.8, 4) is 0 Å². The lowest BCUT2D eigenvalue weighted by atomic mass is 10.1. The highest BCUT2D eigenvalue weighted by atomic mass is 32.2. The van der Waals surface area contributed by atoms with Crippen LogP contribution in [0.25, 0.3) is 0 Å². The molecule has 0 saturated carbocycles. The Morgan fingerprint density at radius 3 is 2.83 bits per heavy atom. The second-order valence-electron chi connectivity index (χ2n) is 4.32. The van der Waals surface area contributed by atoms with Crippen molar-refractivity contribution in [3.05, 3.63) is 18.0 Å². The topological polar surface area (TPSA) is 116 Å². The molecule has 1 saturated heterocycles. The van der Waals surface area contributed by atoms with E-state index in [0.717, 1.165) is 18.9 Å². The number of aromatic nitrogens is 1. The number of carbonyl (C=O) groups is 1. The van der Waals surface area contributed by atoms with Gasteiger partial charge in [0.2, 0.25) is 10.0 Å². The summed E-state index contributed by atoms with van der Waals surface area (Å²) >= 11 is 0. The number of sulfonamides is 1. The molecule has 1 fully saturated rings. The molecule has 0 bridgehead atoms. The van der Waals surface area contributed by atoms with Gasteiger partial charge in [0.05, 0.1) is 0 Å². The van der Waals surface area contributed by atoms with Crippen molar-refractivity contribution >= 4 is 16.0 Å². The van der Waals surface area contributed by atoms with Crippen molar-refractivity contribution in [3.63, 3.8) is 0 Å². The summed E-state index contributed by atoms with van der Waals surface area (Å²) in [5, 5.41) is 8.76. The third kappa shape index (κ3) is 2.40. The molecule has 0 radical (unpaired) electrons. The van der Waals surface area contributed by atoms with E-state index in [2.05, 4.69) is 4.98 Å². The minimum absolute atomic E-state index is 0.0333. The lowest BCUT2D eigenvalue weighted by Gasteiger charge is -2.29. The van der Waals surface area contributed by atoms with Gasteiger partial charge >= 0.3 is 5.97 Å². The minimum Gasteiger partial charge on any atom is -0.477 e. The predicted molar refractivity (Wildman–Crippen MR) is 63.7 cm³/mol. The van der Waals surface area contributed by atoms with E-state index in [1.54, 1.807) is 0 Å². The van der Waals surface area contributed by atoms with Gasteiger partial charge in [0, 0.05) is 25.3 Å². The molecule has 18 heavy (non-hydrogen) atoms. The van der Waals surface area contributed by atoms with E-state index in [-0.39, 0.29) is 23.2 Å². The van der Waals surface area contributed by atoms with E-state index >= 15 is 0 Å². The van der Waals surface area contributed by atoms with E-state index in [1.807, 2.05) is 0 Å². The summed E-state index contributed by atoms with van der Waals surface area (Å²) in [6, 6.07) is 0.962. The van der Waals surface area contributed by atoms with Gasteiger partial charge in [-0.3, -0.25) is 0 Å². The van der Waals surface area contributed by atoms with Gasteiger partial charge in [0.25, 0.3) is 0 Å². The lowest BCUT2D eigenvalue weighted by molar-refractivity contribution is 0.0691. The first-order valence-corrected chi connectivity index (χ1v) is 7.02. The van der Waals surface area contributed by atoms with E-state index in [4.69, 9.17) is 10.8 Å². The van der Waals surface area contributed by atoms with E-state index in [0.29, 0.717) is 6.54 Å². The van der Waals surface area contributed by atoms with Gasteiger partial charge < -0.3 is 15.8 Å². The number of piperidine rings is 1. The Morgan fingerprint density at radius 1 is 1.56 bits per heavy atom. The highest BCUT2D eigenvalue weighted by molar-refractivity contribution is 7.89. The number of aromatic carboxylic acids is 1. The molecule has 4 N–H and O–H groups in total. The number of nitrogens with one attached hydrogen (secondary N) is 1. The van der Waals surface area contributed by atoms with Crippen LogP contribution in [0.3, 0.4) is 0 Å². The Bertz CT molecular complexity index is 551. The number of aromatic amines is 1. The maximum atomic E-state index is 12.2. The fraction of sp³-hybridized carbons (Fsp3) is 0.500. The molecule has 1 atom stereocenters. The summed E-state index contributed by atoms with van der Waals surface area (Å²) in [6.07, 6.45) is 2.72. The molecular weight excluding hydrogens is 258 g/mol. The quantitative estimate of drug-likeness (QED) is 0.706. The van der Waals surface area contributed by atoms with Gasteiger partial charge in [-0.15, -0.1) is 0 Å². The zero-order chi connectivity index (χ0) is 13.3. The maximum Gasteiger partial charge on any atom is 0.352 e. The lowest BCUT2D eigenvalue weighted by Crippen LogP contribution is -2.45. The summed E-state index contributed by atoms with van der Waals surface area (Å²) in [5.41, 5.74) is 5.60. The van der Waals surface area contributed by atoms with Crippen LogP contribution in [0.5, 0.6) is 0 Å². The van der Waals surface area contributed by atoms with Crippen molar-refractivity contribution in [2.75, 3.05) is 13.1 Å². The summed E-state index contributed by atoms with van der Waals surface area (Å²) in [6.45, 7) is 0.694. The smallest absolute Gasteiger partial charge is 0.352 e. The number of nitrogens with zero attached hydrogens (tertiary/aromatic N) is 1. The number of carboxylic acids is 1. The van der Waals surface area contributed by atoms with Crippen molar-refractivity contribution in [2.24, 2.45) is 5.73 Å². The normalized spacial score (nSPS) is 21.9. The van der Waals surface area contributed by atoms with Crippen molar-refractivity contribution in [1.29, 1.82) is 0 Å². The molecule has 7 nitrogen and oxygen atoms in total. The second kappa shape index (κ2) is 4.71. The van der Waals surface area contributed by atoms with Gasteiger partial charge in [0.15, 0.2) is 0 Å². The average molecular weight is 273 g/mol. The maximum absolute atomic E-state index is 12.2. The van der Waals surface area contributed by atoms with Crippen LogP contribution in [0.2, 0.25) is 0 Å². The monoisotopic (exact) mass is 273 g/mol. The summed E-state index contributed by atoms with van der Waals surface area (Å²) in [4.78, 5) is 13.1. The van der Waals surface area contributed by atoms with Crippen LogP contribution < -0.4 is 5.73 Å². The van der Waals surface area contributed by atoms with Gasteiger partial charge in [-0.05, 0) is 18.9 Å². The van der Waals surface area contributed by atoms with Crippen LogP contribution in [-0.2, 0) is 10.0 Å². The first-order valence-electron chi connectivity index (χ1n) is 5.58.